The first-order valence-corrected chi connectivity index (χ1v) is 6.28. The fourth-order valence-electron chi connectivity index (χ4n) is 2.05. The van der Waals surface area contributed by atoms with Crippen LogP contribution in [-0.4, -0.2) is 16.9 Å². The first kappa shape index (κ1) is 13.5. The van der Waals surface area contributed by atoms with E-state index in [1.807, 2.05) is 10.7 Å². The van der Waals surface area contributed by atoms with E-state index in [1.54, 1.807) is 18.3 Å². The molecule has 0 aliphatic carbocycles. The van der Waals surface area contributed by atoms with Gasteiger partial charge in [0.2, 0.25) is 0 Å². The molecular weight excluding hydrogens is 245 g/mol. The first-order valence-electron chi connectivity index (χ1n) is 6.28. The molecule has 1 aromatic heterocycles. The number of nitrogens with zero attached hydrogens (tertiary/aromatic N) is 2. The molecule has 1 atom stereocenters. The second-order valence-electron chi connectivity index (χ2n) is 4.34. The molecule has 1 aromatic carbocycles. The van der Waals surface area contributed by atoms with E-state index in [1.165, 1.54) is 13.2 Å². The monoisotopic (exact) mass is 263 g/mol. The lowest BCUT2D eigenvalue weighted by atomic mass is 10.0. The van der Waals surface area contributed by atoms with E-state index >= 15 is 0 Å². The van der Waals surface area contributed by atoms with Gasteiger partial charge in [-0.3, -0.25) is 4.68 Å². The van der Waals surface area contributed by atoms with E-state index in [2.05, 4.69) is 12.0 Å². The van der Waals surface area contributed by atoms with Crippen molar-refractivity contribution < 1.29 is 9.13 Å². The van der Waals surface area contributed by atoms with Crippen LogP contribution in [0.15, 0.2) is 30.5 Å². The zero-order valence-electron chi connectivity index (χ0n) is 11.1. The highest BCUT2D eigenvalue weighted by molar-refractivity contribution is 5.34. The normalized spacial score (nSPS) is 12.4. The maximum absolute atomic E-state index is 14.0. The van der Waals surface area contributed by atoms with Crippen molar-refractivity contribution in [3.8, 4) is 5.75 Å². The average molecular weight is 263 g/mol. The van der Waals surface area contributed by atoms with E-state index in [-0.39, 0.29) is 5.82 Å². The standard InChI is InChI=1S/C14H18FN3O/c1-3-8-18-13(6-7-17-18)14(16)11-5-4-10(19-2)9-12(11)15/h4-7,9,14H,3,8,16H2,1-2H3. The highest BCUT2D eigenvalue weighted by Crippen LogP contribution is 2.25. The average Bonchev–Trinajstić information content (AvgIpc) is 2.86. The van der Waals surface area contributed by atoms with Gasteiger partial charge in [0, 0.05) is 24.4 Å². The number of benzene rings is 1. The number of hydrogen-bond acceptors (Lipinski definition) is 3. The molecule has 2 aromatic rings. The van der Waals surface area contributed by atoms with Crippen molar-refractivity contribution in [3.63, 3.8) is 0 Å². The van der Waals surface area contributed by atoms with Crippen LogP contribution in [0.5, 0.6) is 5.75 Å². The van der Waals surface area contributed by atoms with E-state index in [4.69, 9.17) is 10.5 Å². The van der Waals surface area contributed by atoms with Gasteiger partial charge in [-0.15, -0.1) is 0 Å². The molecule has 2 rings (SSSR count). The number of methoxy groups -OCH3 is 1. The summed E-state index contributed by atoms with van der Waals surface area (Å²) in [7, 11) is 1.50. The first-order chi connectivity index (χ1) is 9.17. The number of ether oxygens (including phenoxy) is 1. The van der Waals surface area contributed by atoms with Crippen LogP contribution in [-0.2, 0) is 6.54 Å². The molecule has 102 valence electrons. The molecule has 0 fully saturated rings. The third kappa shape index (κ3) is 2.76. The van der Waals surface area contributed by atoms with Crippen LogP contribution in [0.1, 0.15) is 30.6 Å². The van der Waals surface area contributed by atoms with E-state index in [0.29, 0.717) is 11.3 Å². The molecule has 0 bridgehead atoms. The van der Waals surface area contributed by atoms with Crippen molar-refractivity contribution in [1.29, 1.82) is 0 Å². The summed E-state index contributed by atoms with van der Waals surface area (Å²) in [6, 6.07) is 6.00. The van der Waals surface area contributed by atoms with Crippen LogP contribution >= 0.6 is 0 Å². The highest BCUT2D eigenvalue weighted by atomic mass is 19.1. The molecule has 0 saturated heterocycles. The fourth-order valence-corrected chi connectivity index (χ4v) is 2.05. The Morgan fingerprint density at radius 2 is 2.21 bits per heavy atom. The molecule has 2 N–H and O–H groups in total. The molecule has 19 heavy (non-hydrogen) atoms. The molecule has 0 radical (unpaired) electrons. The number of aryl methyl sites for hydroxylation is 1. The van der Waals surface area contributed by atoms with E-state index < -0.39 is 6.04 Å². The third-order valence-corrected chi connectivity index (χ3v) is 3.05. The molecular formula is C14H18FN3O. The SMILES string of the molecule is CCCn1nccc1C(N)c1ccc(OC)cc1F. The van der Waals surface area contributed by atoms with Crippen LogP contribution in [0.2, 0.25) is 0 Å². The molecule has 1 unspecified atom stereocenters. The van der Waals surface area contributed by atoms with Gasteiger partial charge in [0.05, 0.1) is 18.8 Å². The predicted octanol–water partition coefficient (Wildman–Crippen LogP) is 2.49. The summed E-state index contributed by atoms with van der Waals surface area (Å²) in [6.45, 7) is 2.83. The quantitative estimate of drug-likeness (QED) is 0.901. The Morgan fingerprint density at radius 1 is 1.42 bits per heavy atom. The fraction of sp³-hybridized carbons (Fsp3) is 0.357. The van der Waals surface area contributed by atoms with Gasteiger partial charge in [0.25, 0.3) is 0 Å². The Bertz CT molecular complexity index is 553. The van der Waals surface area contributed by atoms with Gasteiger partial charge in [-0.2, -0.15) is 5.10 Å². The maximum atomic E-state index is 14.0. The Balaban J connectivity index is 2.33. The number of nitrogens with two attached hydrogens (primary N) is 1. The summed E-state index contributed by atoms with van der Waals surface area (Å²) in [5.74, 6) is 0.117. The van der Waals surface area contributed by atoms with Crippen LogP contribution in [0.25, 0.3) is 0 Å². The Morgan fingerprint density at radius 3 is 2.84 bits per heavy atom. The number of rotatable bonds is 5. The highest BCUT2D eigenvalue weighted by Gasteiger charge is 2.17. The number of aromatic nitrogens is 2. The third-order valence-electron chi connectivity index (χ3n) is 3.05. The summed E-state index contributed by atoms with van der Waals surface area (Å²) in [5, 5.41) is 4.21. The Hall–Kier alpha value is -1.88. The van der Waals surface area contributed by atoms with Crippen molar-refractivity contribution in [2.45, 2.75) is 25.9 Å². The largest absolute Gasteiger partial charge is 0.497 e. The number of halogens is 1. The molecule has 1 heterocycles. The maximum Gasteiger partial charge on any atom is 0.132 e. The summed E-state index contributed by atoms with van der Waals surface area (Å²) in [6.07, 6.45) is 2.64. The summed E-state index contributed by atoms with van der Waals surface area (Å²) in [5.41, 5.74) is 7.40. The minimum absolute atomic E-state index is 0.365. The van der Waals surface area contributed by atoms with Gasteiger partial charge in [-0.05, 0) is 18.6 Å². The molecule has 4 nitrogen and oxygen atoms in total. The molecule has 0 spiro atoms. The van der Waals surface area contributed by atoms with Crippen LogP contribution in [0.4, 0.5) is 4.39 Å². The van der Waals surface area contributed by atoms with Gasteiger partial charge in [0.15, 0.2) is 0 Å². The molecule has 0 amide bonds. The molecule has 0 aliphatic heterocycles. The lowest BCUT2D eigenvalue weighted by Gasteiger charge is -2.15. The smallest absolute Gasteiger partial charge is 0.132 e. The summed E-state index contributed by atoms with van der Waals surface area (Å²) >= 11 is 0. The zero-order valence-corrected chi connectivity index (χ0v) is 11.1. The van der Waals surface area contributed by atoms with Crippen molar-refractivity contribution >= 4 is 0 Å². The van der Waals surface area contributed by atoms with Gasteiger partial charge in [-0.1, -0.05) is 13.0 Å². The van der Waals surface area contributed by atoms with Crippen molar-refractivity contribution in [2.75, 3.05) is 7.11 Å². The van der Waals surface area contributed by atoms with Crippen molar-refractivity contribution in [2.24, 2.45) is 5.73 Å². The number of hydrogen-bond donors (Lipinski definition) is 1. The summed E-state index contributed by atoms with van der Waals surface area (Å²) < 4.78 is 20.8. The van der Waals surface area contributed by atoms with Gasteiger partial charge < -0.3 is 10.5 Å². The Kier molecular flexibility index (Phi) is 4.16. The molecule has 5 heteroatoms. The van der Waals surface area contributed by atoms with Crippen LogP contribution < -0.4 is 10.5 Å². The van der Waals surface area contributed by atoms with Gasteiger partial charge in [0.1, 0.15) is 11.6 Å². The van der Waals surface area contributed by atoms with Crippen LogP contribution in [0.3, 0.4) is 0 Å². The second-order valence-corrected chi connectivity index (χ2v) is 4.34. The Labute approximate surface area is 112 Å². The van der Waals surface area contributed by atoms with Gasteiger partial charge in [-0.25, -0.2) is 4.39 Å². The second kappa shape index (κ2) is 5.84. The molecule has 0 aliphatic rings. The lowest BCUT2D eigenvalue weighted by Crippen LogP contribution is -2.18. The zero-order chi connectivity index (χ0) is 13.8. The lowest BCUT2D eigenvalue weighted by molar-refractivity contribution is 0.410. The van der Waals surface area contributed by atoms with Gasteiger partial charge >= 0.3 is 0 Å². The van der Waals surface area contributed by atoms with E-state index in [9.17, 15) is 4.39 Å². The summed E-state index contributed by atoms with van der Waals surface area (Å²) in [4.78, 5) is 0. The van der Waals surface area contributed by atoms with Crippen molar-refractivity contribution in [3.05, 3.63) is 47.5 Å². The minimum Gasteiger partial charge on any atom is -0.497 e. The minimum atomic E-state index is -0.528. The van der Waals surface area contributed by atoms with Crippen molar-refractivity contribution in [1.82, 2.24) is 9.78 Å². The predicted molar refractivity (Wildman–Crippen MR) is 71.5 cm³/mol. The molecule has 0 saturated carbocycles. The van der Waals surface area contributed by atoms with E-state index in [0.717, 1.165) is 18.7 Å². The topological polar surface area (TPSA) is 53.1 Å². The van der Waals surface area contributed by atoms with Crippen LogP contribution in [0, 0.1) is 5.82 Å².